The van der Waals surface area contributed by atoms with E-state index in [1.807, 2.05) is 65.4 Å². The number of anilines is 2. The Morgan fingerprint density at radius 1 is 0.846 bits per heavy atom. The van der Waals surface area contributed by atoms with Gasteiger partial charge >= 0.3 is 0 Å². The molecule has 9 nitrogen and oxygen atoms in total. The molecule has 0 bridgehead atoms. The second-order valence-corrected chi connectivity index (χ2v) is 10.4. The Hall–Kier alpha value is -4.70. The van der Waals surface area contributed by atoms with Gasteiger partial charge in [-0.2, -0.15) is 0 Å². The van der Waals surface area contributed by atoms with Crippen molar-refractivity contribution in [2.24, 2.45) is 0 Å². The van der Waals surface area contributed by atoms with Gasteiger partial charge in [-0.1, -0.05) is 48.5 Å². The van der Waals surface area contributed by atoms with Gasteiger partial charge in [-0.3, -0.25) is 19.3 Å². The lowest BCUT2D eigenvalue weighted by Crippen LogP contribution is -2.33. The first-order chi connectivity index (χ1) is 18.8. The van der Waals surface area contributed by atoms with Crippen molar-refractivity contribution in [2.75, 3.05) is 30.0 Å². The molecule has 4 rings (SSSR count). The van der Waals surface area contributed by atoms with Crippen molar-refractivity contribution in [1.82, 2.24) is 9.71 Å². The largest absolute Gasteiger partial charge is 0.483 e. The molecule has 0 fully saturated rings. The number of nitrogens with zero attached hydrogens (tertiary/aromatic N) is 1. The smallest absolute Gasteiger partial charge is 0.271 e. The van der Waals surface area contributed by atoms with E-state index in [9.17, 15) is 18.0 Å². The maximum Gasteiger partial charge on any atom is 0.271 e. The van der Waals surface area contributed by atoms with Crippen molar-refractivity contribution in [3.8, 4) is 16.9 Å². The number of benzene rings is 3. The van der Waals surface area contributed by atoms with Crippen molar-refractivity contribution < 1.29 is 22.7 Å². The highest BCUT2D eigenvalue weighted by atomic mass is 32.2. The molecule has 39 heavy (non-hydrogen) atoms. The number of carbonyl (C=O) groups excluding carboxylic acids is 2. The molecule has 0 radical (unpaired) electrons. The van der Waals surface area contributed by atoms with Gasteiger partial charge in [-0.15, -0.1) is 0 Å². The van der Waals surface area contributed by atoms with Crippen LogP contribution in [0.3, 0.4) is 0 Å². The number of aromatic nitrogens is 1. The Kier molecular flexibility index (Phi) is 8.90. The number of pyridine rings is 1. The highest BCUT2D eigenvalue weighted by molar-refractivity contribution is 7.89. The molecule has 2 amide bonds. The SMILES string of the molecule is CS(=O)(=O)NC(=O)COc1cccc(-c2ccccc2)c1C(=O)Nc1ccc(NCCc2ccccn2)cc1. The highest BCUT2D eigenvalue weighted by Gasteiger charge is 2.20. The zero-order chi connectivity index (χ0) is 27.7. The van der Waals surface area contributed by atoms with E-state index in [0.29, 0.717) is 17.8 Å². The van der Waals surface area contributed by atoms with E-state index in [2.05, 4.69) is 15.6 Å². The zero-order valence-electron chi connectivity index (χ0n) is 21.3. The predicted molar refractivity (Wildman–Crippen MR) is 151 cm³/mol. The Morgan fingerprint density at radius 3 is 2.26 bits per heavy atom. The van der Waals surface area contributed by atoms with Crippen molar-refractivity contribution in [2.45, 2.75) is 6.42 Å². The molecule has 4 aromatic rings. The van der Waals surface area contributed by atoms with Gasteiger partial charge in [0.25, 0.3) is 11.8 Å². The third kappa shape index (κ3) is 8.14. The molecule has 200 valence electrons. The van der Waals surface area contributed by atoms with Crippen LogP contribution in [0.5, 0.6) is 5.75 Å². The van der Waals surface area contributed by atoms with Crippen LogP contribution in [0.1, 0.15) is 16.1 Å². The lowest BCUT2D eigenvalue weighted by molar-refractivity contribution is -0.121. The average molecular weight is 545 g/mol. The summed E-state index contributed by atoms with van der Waals surface area (Å²) in [4.78, 5) is 29.8. The van der Waals surface area contributed by atoms with Crippen LogP contribution in [-0.2, 0) is 21.2 Å². The molecular weight excluding hydrogens is 516 g/mol. The summed E-state index contributed by atoms with van der Waals surface area (Å²) >= 11 is 0. The Morgan fingerprint density at radius 2 is 1.56 bits per heavy atom. The van der Waals surface area contributed by atoms with E-state index >= 15 is 0 Å². The van der Waals surface area contributed by atoms with Crippen LogP contribution in [0.15, 0.2) is 97.2 Å². The van der Waals surface area contributed by atoms with Gasteiger partial charge in [0.15, 0.2) is 6.61 Å². The molecule has 1 heterocycles. The summed E-state index contributed by atoms with van der Waals surface area (Å²) in [5, 5.41) is 6.23. The monoisotopic (exact) mass is 544 g/mol. The minimum Gasteiger partial charge on any atom is -0.483 e. The molecule has 10 heteroatoms. The second kappa shape index (κ2) is 12.7. The molecule has 0 unspecified atom stereocenters. The first kappa shape index (κ1) is 27.3. The Labute approximate surface area is 227 Å². The fourth-order valence-corrected chi connectivity index (χ4v) is 4.34. The van der Waals surface area contributed by atoms with Gasteiger partial charge in [0, 0.05) is 36.2 Å². The normalized spacial score (nSPS) is 10.9. The molecule has 1 aromatic heterocycles. The molecular formula is C29H28N4O5S. The average Bonchev–Trinajstić information content (AvgIpc) is 2.93. The maximum absolute atomic E-state index is 13.5. The van der Waals surface area contributed by atoms with E-state index in [0.717, 1.165) is 29.6 Å². The van der Waals surface area contributed by atoms with Crippen LogP contribution >= 0.6 is 0 Å². The minimum atomic E-state index is -3.74. The number of nitrogens with one attached hydrogen (secondary N) is 3. The summed E-state index contributed by atoms with van der Waals surface area (Å²) in [6.07, 6.45) is 3.42. The Balaban J connectivity index is 1.49. The first-order valence-corrected chi connectivity index (χ1v) is 14.0. The number of sulfonamides is 1. The van der Waals surface area contributed by atoms with Gasteiger partial charge in [0.1, 0.15) is 5.75 Å². The van der Waals surface area contributed by atoms with Crippen LogP contribution < -0.4 is 20.1 Å². The van der Waals surface area contributed by atoms with Crippen molar-refractivity contribution in [1.29, 1.82) is 0 Å². The third-order valence-electron chi connectivity index (χ3n) is 5.58. The Bertz CT molecular complexity index is 1530. The lowest BCUT2D eigenvalue weighted by Gasteiger charge is -2.16. The molecule has 0 aliphatic carbocycles. The zero-order valence-corrected chi connectivity index (χ0v) is 22.1. The van der Waals surface area contributed by atoms with Crippen molar-refractivity contribution in [3.63, 3.8) is 0 Å². The number of amides is 2. The molecule has 3 N–H and O–H groups in total. The molecule has 0 saturated carbocycles. The quantitative estimate of drug-likeness (QED) is 0.259. The van der Waals surface area contributed by atoms with E-state index < -0.39 is 28.4 Å². The maximum atomic E-state index is 13.5. The fraction of sp³-hybridized carbons (Fsp3) is 0.138. The number of carbonyl (C=O) groups is 2. The van der Waals surface area contributed by atoms with Gasteiger partial charge in [-0.25, -0.2) is 8.42 Å². The predicted octanol–water partition coefficient (Wildman–Crippen LogP) is 4.11. The van der Waals surface area contributed by atoms with Gasteiger partial charge in [0.05, 0.1) is 11.8 Å². The summed E-state index contributed by atoms with van der Waals surface area (Å²) in [5.41, 5.74) is 4.06. The molecule has 0 spiro atoms. The molecule has 0 saturated heterocycles. The van der Waals surface area contributed by atoms with Crippen LogP contribution in [0.4, 0.5) is 11.4 Å². The van der Waals surface area contributed by atoms with Gasteiger partial charge < -0.3 is 15.4 Å². The lowest BCUT2D eigenvalue weighted by atomic mass is 9.98. The minimum absolute atomic E-state index is 0.144. The number of ether oxygens (including phenoxy) is 1. The summed E-state index contributed by atoms with van der Waals surface area (Å²) in [6.45, 7) is 0.130. The standard InChI is InChI=1S/C29H28N4O5S/c1-39(36,37)33-27(34)20-38-26-12-7-11-25(21-8-3-2-4-9-21)28(26)29(35)32-24-15-13-23(14-16-24)31-19-17-22-10-5-6-18-30-22/h2-16,18,31H,17,19-20H2,1H3,(H,32,35)(H,33,34). The molecule has 0 aliphatic rings. The van der Waals surface area contributed by atoms with Gasteiger partial charge in [-0.05, 0) is 53.6 Å². The van der Waals surface area contributed by atoms with Crippen LogP contribution in [0, 0.1) is 0 Å². The second-order valence-electron chi connectivity index (χ2n) is 8.66. The number of hydrogen-bond acceptors (Lipinski definition) is 7. The number of hydrogen-bond donors (Lipinski definition) is 3. The van der Waals surface area contributed by atoms with Crippen LogP contribution in [0.25, 0.3) is 11.1 Å². The topological polar surface area (TPSA) is 126 Å². The molecule has 0 aliphatic heterocycles. The van der Waals surface area contributed by atoms with Crippen molar-refractivity contribution >= 4 is 33.2 Å². The molecule has 0 atom stereocenters. The highest BCUT2D eigenvalue weighted by Crippen LogP contribution is 2.32. The van der Waals surface area contributed by atoms with E-state index in [-0.39, 0.29) is 11.3 Å². The first-order valence-electron chi connectivity index (χ1n) is 12.2. The van der Waals surface area contributed by atoms with Crippen molar-refractivity contribution in [3.05, 3.63) is 108 Å². The van der Waals surface area contributed by atoms with E-state index in [1.165, 1.54) is 0 Å². The van der Waals surface area contributed by atoms with E-state index in [4.69, 9.17) is 4.74 Å². The van der Waals surface area contributed by atoms with Crippen LogP contribution in [-0.4, -0.2) is 44.6 Å². The summed E-state index contributed by atoms with van der Waals surface area (Å²) in [5.74, 6) is -1.14. The summed E-state index contributed by atoms with van der Waals surface area (Å²) in [6, 6.07) is 27.4. The summed E-state index contributed by atoms with van der Waals surface area (Å²) < 4.78 is 30.2. The number of rotatable bonds is 11. The van der Waals surface area contributed by atoms with E-state index in [1.54, 1.807) is 36.5 Å². The summed E-state index contributed by atoms with van der Waals surface area (Å²) in [7, 11) is -3.74. The molecule has 3 aromatic carbocycles. The van der Waals surface area contributed by atoms with Gasteiger partial charge in [0.2, 0.25) is 10.0 Å². The fourth-order valence-electron chi connectivity index (χ4n) is 3.87. The van der Waals surface area contributed by atoms with Crippen LogP contribution in [0.2, 0.25) is 0 Å². The third-order valence-corrected chi connectivity index (χ3v) is 6.17.